The molecule has 4 aliphatic rings. The highest BCUT2D eigenvalue weighted by atomic mass is 16.5. The van der Waals surface area contributed by atoms with Crippen molar-refractivity contribution in [1.29, 1.82) is 0 Å². The van der Waals surface area contributed by atoms with E-state index in [0.29, 0.717) is 6.73 Å². The Labute approximate surface area is 173 Å². The van der Waals surface area contributed by atoms with Crippen LogP contribution in [0.5, 0.6) is 5.75 Å². The van der Waals surface area contributed by atoms with Crippen LogP contribution in [0.4, 0.5) is 0 Å². The normalized spacial score (nSPS) is 22.6. The average Bonchev–Trinajstić information content (AvgIpc) is 2.79. The number of hydrogen-bond acceptors (Lipinski definition) is 5. The van der Waals surface area contributed by atoms with Gasteiger partial charge in [-0.15, -0.1) is 0 Å². The molecule has 0 spiro atoms. The quantitative estimate of drug-likeness (QED) is 0.718. The van der Waals surface area contributed by atoms with Gasteiger partial charge in [-0.25, -0.2) is 0 Å². The van der Waals surface area contributed by atoms with Gasteiger partial charge in [0.2, 0.25) is 0 Å². The summed E-state index contributed by atoms with van der Waals surface area (Å²) in [5, 5.41) is 2.41. The fourth-order valence-corrected chi connectivity index (χ4v) is 4.98. The van der Waals surface area contributed by atoms with E-state index in [1.54, 1.807) is 5.57 Å². The monoisotopic (exact) mass is 395 g/mol. The van der Waals surface area contributed by atoms with Gasteiger partial charge in [0, 0.05) is 50.1 Å². The van der Waals surface area contributed by atoms with Crippen molar-refractivity contribution < 1.29 is 9.47 Å². The van der Waals surface area contributed by atoms with Crippen molar-refractivity contribution in [3.63, 3.8) is 0 Å². The Hall–Kier alpha value is -1.69. The minimum atomic E-state index is 0.686. The maximum atomic E-state index is 6.28. The van der Waals surface area contributed by atoms with E-state index in [-0.39, 0.29) is 0 Å². The van der Waals surface area contributed by atoms with Crippen molar-refractivity contribution in [2.45, 2.75) is 51.6 Å². The van der Waals surface area contributed by atoms with Crippen molar-refractivity contribution in [2.75, 3.05) is 46.1 Å². The largest absolute Gasteiger partial charge is 0.476 e. The zero-order valence-electron chi connectivity index (χ0n) is 17.5. The molecule has 0 unspecified atom stereocenters. The average molecular weight is 396 g/mol. The third-order valence-corrected chi connectivity index (χ3v) is 6.62. The number of nitrogens with zero attached hydrogens (tertiary/aromatic N) is 3. The highest BCUT2D eigenvalue weighted by Crippen LogP contribution is 2.25. The summed E-state index contributed by atoms with van der Waals surface area (Å²) >= 11 is 0. The molecular weight excluding hydrogens is 362 g/mol. The SMILES string of the molecule is C1=C(CCN2COc3c(cc(CN4CCOCC4)c4c3=NCCC=4)C2)CCCC1. The smallest absolute Gasteiger partial charge is 0.151 e. The van der Waals surface area contributed by atoms with Crippen LogP contribution in [-0.4, -0.2) is 55.9 Å². The third-order valence-electron chi connectivity index (χ3n) is 6.62. The molecule has 0 N–H and O–H groups in total. The molecule has 0 radical (unpaired) electrons. The summed E-state index contributed by atoms with van der Waals surface area (Å²) in [4.78, 5) is 9.84. The van der Waals surface area contributed by atoms with Crippen molar-refractivity contribution in [1.82, 2.24) is 9.80 Å². The Balaban J connectivity index is 1.36. The Bertz CT molecular complexity index is 886. The van der Waals surface area contributed by atoms with E-state index in [4.69, 9.17) is 14.5 Å². The second kappa shape index (κ2) is 8.99. The summed E-state index contributed by atoms with van der Waals surface area (Å²) in [5.74, 6) is 1.04. The molecule has 1 aromatic rings. The van der Waals surface area contributed by atoms with E-state index in [2.05, 4.69) is 28.0 Å². The number of rotatable bonds is 5. The molecule has 5 rings (SSSR count). The number of morpholine rings is 1. The molecule has 1 saturated heterocycles. The summed E-state index contributed by atoms with van der Waals surface area (Å²) in [6.45, 7) is 8.32. The van der Waals surface area contributed by atoms with Gasteiger partial charge in [0.15, 0.2) is 5.75 Å². The molecular formula is C24H33N3O2. The van der Waals surface area contributed by atoms with Crippen LogP contribution < -0.4 is 15.3 Å². The first-order valence-electron chi connectivity index (χ1n) is 11.4. The van der Waals surface area contributed by atoms with Crippen LogP contribution in [0.25, 0.3) is 6.08 Å². The van der Waals surface area contributed by atoms with E-state index in [1.165, 1.54) is 48.4 Å². The Morgan fingerprint density at radius 2 is 1.97 bits per heavy atom. The molecule has 3 aliphatic heterocycles. The molecule has 1 fully saturated rings. The van der Waals surface area contributed by atoms with E-state index in [1.807, 2.05) is 0 Å². The van der Waals surface area contributed by atoms with E-state index in [0.717, 1.165) is 70.0 Å². The van der Waals surface area contributed by atoms with Crippen molar-refractivity contribution in [3.05, 3.63) is 39.4 Å². The van der Waals surface area contributed by atoms with Crippen LogP contribution in [0.2, 0.25) is 0 Å². The standard InChI is InChI=1S/C24H33N3O2/c1-2-5-19(6-3-1)8-10-27-17-21-15-20(16-26-11-13-28-14-12-26)22-7-4-9-25-23(22)24(21)29-18-27/h5,7,15H,1-4,6,8-14,16-18H2. The molecule has 156 valence electrons. The molecule has 0 aromatic heterocycles. The van der Waals surface area contributed by atoms with Crippen LogP contribution >= 0.6 is 0 Å². The lowest BCUT2D eigenvalue weighted by atomic mass is 9.97. The Morgan fingerprint density at radius 3 is 2.83 bits per heavy atom. The molecule has 5 heteroatoms. The van der Waals surface area contributed by atoms with Gasteiger partial charge in [-0.1, -0.05) is 17.7 Å². The summed E-state index contributed by atoms with van der Waals surface area (Å²) in [5.41, 5.74) is 4.37. The van der Waals surface area contributed by atoms with Gasteiger partial charge in [-0.3, -0.25) is 14.8 Å². The van der Waals surface area contributed by atoms with Gasteiger partial charge in [0.05, 0.1) is 13.2 Å². The minimum absolute atomic E-state index is 0.686. The summed E-state index contributed by atoms with van der Waals surface area (Å²) in [6.07, 6.45) is 12.3. The molecule has 5 nitrogen and oxygen atoms in total. The first kappa shape index (κ1) is 19.3. The second-order valence-electron chi connectivity index (χ2n) is 8.73. The lowest BCUT2D eigenvalue weighted by Crippen LogP contribution is -2.43. The molecule has 0 amide bonds. The van der Waals surface area contributed by atoms with Crippen LogP contribution in [0, 0.1) is 0 Å². The first-order valence-corrected chi connectivity index (χ1v) is 11.4. The zero-order valence-corrected chi connectivity index (χ0v) is 17.5. The van der Waals surface area contributed by atoms with E-state index in [9.17, 15) is 0 Å². The van der Waals surface area contributed by atoms with Gasteiger partial charge in [-0.05, 0) is 50.2 Å². The van der Waals surface area contributed by atoms with E-state index < -0.39 is 0 Å². The molecule has 1 aliphatic carbocycles. The van der Waals surface area contributed by atoms with Crippen molar-refractivity contribution >= 4 is 6.08 Å². The molecule has 3 heterocycles. The van der Waals surface area contributed by atoms with Crippen LogP contribution in [0.3, 0.4) is 0 Å². The van der Waals surface area contributed by atoms with Gasteiger partial charge < -0.3 is 9.47 Å². The fraction of sp³-hybridized carbons (Fsp3) is 0.625. The molecule has 0 saturated carbocycles. The Morgan fingerprint density at radius 1 is 1.03 bits per heavy atom. The number of fused-ring (bicyclic) bond motifs is 3. The molecule has 0 atom stereocenters. The van der Waals surface area contributed by atoms with Crippen LogP contribution in [0.1, 0.15) is 49.7 Å². The highest BCUT2D eigenvalue weighted by Gasteiger charge is 2.23. The van der Waals surface area contributed by atoms with Gasteiger partial charge in [-0.2, -0.15) is 0 Å². The second-order valence-corrected chi connectivity index (χ2v) is 8.73. The predicted molar refractivity (Wildman–Crippen MR) is 114 cm³/mol. The Kier molecular flexibility index (Phi) is 5.97. The summed E-state index contributed by atoms with van der Waals surface area (Å²) in [7, 11) is 0. The van der Waals surface area contributed by atoms with Crippen molar-refractivity contribution in [3.8, 4) is 5.75 Å². The fourth-order valence-electron chi connectivity index (χ4n) is 4.98. The van der Waals surface area contributed by atoms with Crippen LogP contribution in [0.15, 0.2) is 22.7 Å². The minimum Gasteiger partial charge on any atom is -0.476 e. The molecule has 1 aromatic carbocycles. The summed E-state index contributed by atoms with van der Waals surface area (Å²) in [6, 6.07) is 2.40. The number of hydrogen-bond donors (Lipinski definition) is 0. The van der Waals surface area contributed by atoms with Gasteiger partial charge in [0.25, 0.3) is 0 Å². The first-order chi connectivity index (χ1) is 14.4. The topological polar surface area (TPSA) is 37.3 Å². The number of benzene rings is 1. The van der Waals surface area contributed by atoms with Gasteiger partial charge in [0.1, 0.15) is 12.1 Å². The predicted octanol–water partition coefficient (Wildman–Crippen LogP) is 2.37. The van der Waals surface area contributed by atoms with Gasteiger partial charge >= 0.3 is 0 Å². The van der Waals surface area contributed by atoms with E-state index >= 15 is 0 Å². The maximum Gasteiger partial charge on any atom is 0.151 e. The number of ether oxygens (including phenoxy) is 2. The number of allylic oxidation sites excluding steroid dienone is 1. The highest BCUT2D eigenvalue weighted by molar-refractivity contribution is 5.44. The third kappa shape index (κ3) is 4.42. The lowest BCUT2D eigenvalue weighted by molar-refractivity contribution is 0.0339. The summed E-state index contributed by atoms with van der Waals surface area (Å²) < 4.78 is 11.8. The lowest BCUT2D eigenvalue weighted by Gasteiger charge is -2.31. The van der Waals surface area contributed by atoms with Crippen LogP contribution in [-0.2, 0) is 17.8 Å². The molecule has 29 heavy (non-hydrogen) atoms. The maximum absolute atomic E-state index is 6.28. The van der Waals surface area contributed by atoms with Crippen molar-refractivity contribution in [2.24, 2.45) is 4.99 Å². The molecule has 0 bridgehead atoms. The zero-order chi connectivity index (χ0) is 19.5.